The second-order valence-corrected chi connectivity index (χ2v) is 11.5. The van der Waals surface area contributed by atoms with E-state index in [2.05, 4.69) is 60.8 Å². The molecule has 0 saturated heterocycles. The van der Waals surface area contributed by atoms with Gasteiger partial charge in [0.05, 0.1) is 6.61 Å². The number of carbonyl (C=O) groups is 2. The van der Waals surface area contributed by atoms with Crippen molar-refractivity contribution in [2.75, 3.05) is 0 Å². The Morgan fingerprint density at radius 1 is 0.806 bits per heavy atom. The van der Waals surface area contributed by atoms with Crippen LogP contribution in [-0.2, 0) is 26.3 Å². The maximum absolute atomic E-state index is 12.2. The molecule has 2 amide bonds. The monoisotopic (exact) mass is 497 g/mol. The molecule has 0 spiro atoms. The van der Waals surface area contributed by atoms with Crippen molar-refractivity contribution in [1.82, 2.24) is 10.8 Å². The highest BCUT2D eigenvalue weighted by atomic mass is 16.6. The third-order valence-corrected chi connectivity index (χ3v) is 4.63. The molecule has 0 atom stereocenters. The third kappa shape index (κ3) is 10.5. The lowest BCUT2D eigenvalue weighted by atomic mass is 9.86. The summed E-state index contributed by atoms with van der Waals surface area (Å²) in [5, 5.41) is 2.38. The molecular weight excluding hydrogens is 458 g/mol. The topological polar surface area (TPSA) is 98.3 Å². The van der Waals surface area contributed by atoms with Gasteiger partial charge in [-0.2, -0.15) is 0 Å². The first-order chi connectivity index (χ1) is 16.5. The molecule has 0 aliphatic rings. The zero-order chi connectivity index (χ0) is 27.1. The van der Waals surface area contributed by atoms with Crippen molar-refractivity contribution in [3.05, 3.63) is 59.7 Å². The number of alkyl carbamates (subject to hydrolysis) is 1. The Labute approximate surface area is 214 Å². The third-order valence-electron chi connectivity index (χ3n) is 4.63. The minimum atomic E-state index is -0.884. The molecule has 196 valence electrons. The van der Waals surface area contributed by atoms with E-state index in [-0.39, 0.29) is 18.0 Å². The summed E-state index contributed by atoms with van der Waals surface area (Å²) in [5.74, 6) is -0.243. The highest BCUT2D eigenvalue weighted by Crippen LogP contribution is 2.26. The molecular formula is C28H39N3O5. The first kappa shape index (κ1) is 28.8. The number of hydroxylamine groups is 1. The van der Waals surface area contributed by atoms with Gasteiger partial charge in [0.15, 0.2) is 0 Å². The second kappa shape index (κ2) is 11.6. The number of guanidine groups is 1. The molecule has 0 unspecified atom stereocenters. The molecule has 0 bridgehead atoms. The normalized spacial score (nSPS) is 12.6. The fourth-order valence-corrected chi connectivity index (χ4v) is 3.04. The van der Waals surface area contributed by atoms with Crippen LogP contribution in [0.5, 0.6) is 0 Å². The standard InChI is InChI=1S/C28H39N3O5/c1-26(2,3)22-15-13-20(14-16-22)21-12-10-11-19(17-21)18-34-31-23(29-24(32)35-27(4,5)6)30-25(33)36-28(7,8)9/h10-17H,18H2,1-9H3,(H2,29,30,31,32,33). The van der Waals surface area contributed by atoms with E-state index in [9.17, 15) is 9.59 Å². The average molecular weight is 498 g/mol. The SMILES string of the molecule is CC(C)(C)OC(=O)/N=C(/NOCc1cccc(-c2ccc(C(C)(C)C)cc2)c1)NC(=O)OC(C)(C)C. The van der Waals surface area contributed by atoms with Crippen LogP contribution in [0.15, 0.2) is 53.5 Å². The summed E-state index contributed by atoms with van der Waals surface area (Å²) in [7, 11) is 0. The maximum Gasteiger partial charge on any atom is 0.437 e. The van der Waals surface area contributed by atoms with E-state index in [4.69, 9.17) is 14.3 Å². The van der Waals surface area contributed by atoms with Crippen LogP contribution in [0.3, 0.4) is 0 Å². The van der Waals surface area contributed by atoms with Gasteiger partial charge in [-0.05, 0) is 75.3 Å². The van der Waals surface area contributed by atoms with Gasteiger partial charge in [-0.15, -0.1) is 4.99 Å². The van der Waals surface area contributed by atoms with Crippen LogP contribution in [0.4, 0.5) is 9.59 Å². The largest absolute Gasteiger partial charge is 0.444 e. The van der Waals surface area contributed by atoms with E-state index in [0.717, 1.165) is 16.7 Å². The number of carbonyl (C=O) groups excluding carboxylic acids is 2. The minimum absolute atomic E-state index is 0.0891. The molecule has 0 heterocycles. The van der Waals surface area contributed by atoms with Gasteiger partial charge in [0.25, 0.3) is 0 Å². The molecule has 2 aromatic rings. The summed E-state index contributed by atoms with van der Waals surface area (Å²) in [6, 6.07) is 16.4. The van der Waals surface area contributed by atoms with E-state index in [0.29, 0.717) is 0 Å². The molecule has 0 aliphatic carbocycles. The summed E-state index contributed by atoms with van der Waals surface area (Å²) in [6.07, 6.45) is -1.67. The van der Waals surface area contributed by atoms with Crippen molar-refractivity contribution < 1.29 is 23.9 Å². The number of nitrogens with zero attached hydrogens (tertiary/aromatic N) is 1. The molecule has 0 fully saturated rings. The minimum Gasteiger partial charge on any atom is -0.444 e. The number of rotatable bonds is 4. The molecule has 0 aliphatic heterocycles. The van der Waals surface area contributed by atoms with Crippen LogP contribution in [0, 0.1) is 0 Å². The van der Waals surface area contributed by atoms with Gasteiger partial charge < -0.3 is 9.47 Å². The Kier molecular flexibility index (Phi) is 9.26. The van der Waals surface area contributed by atoms with Crippen molar-refractivity contribution in [1.29, 1.82) is 0 Å². The molecule has 2 N–H and O–H groups in total. The van der Waals surface area contributed by atoms with Crippen LogP contribution in [-0.4, -0.2) is 29.3 Å². The quantitative estimate of drug-likeness (QED) is 0.285. The average Bonchev–Trinajstić information content (AvgIpc) is 2.70. The molecule has 2 rings (SSSR count). The fraction of sp³-hybridized carbons (Fsp3) is 0.464. The second-order valence-electron chi connectivity index (χ2n) is 11.5. The summed E-state index contributed by atoms with van der Waals surface area (Å²) < 4.78 is 10.4. The van der Waals surface area contributed by atoms with Crippen molar-refractivity contribution in [3.8, 4) is 11.1 Å². The molecule has 2 aromatic carbocycles. The van der Waals surface area contributed by atoms with Crippen molar-refractivity contribution >= 4 is 18.1 Å². The highest BCUT2D eigenvalue weighted by molar-refractivity contribution is 5.98. The fourth-order valence-electron chi connectivity index (χ4n) is 3.04. The van der Waals surface area contributed by atoms with Crippen LogP contribution >= 0.6 is 0 Å². The van der Waals surface area contributed by atoms with Gasteiger partial charge in [0, 0.05) is 0 Å². The van der Waals surface area contributed by atoms with Gasteiger partial charge in [0.1, 0.15) is 11.2 Å². The smallest absolute Gasteiger partial charge is 0.437 e. The number of aliphatic imine (C=N–C) groups is 1. The van der Waals surface area contributed by atoms with Gasteiger partial charge in [-0.25, -0.2) is 15.1 Å². The van der Waals surface area contributed by atoms with Gasteiger partial charge >= 0.3 is 12.2 Å². The number of benzene rings is 2. The van der Waals surface area contributed by atoms with Crippen LogP contribution in [0.1, 0.15) is 73.4 Å². The summed E-state index contributed by atoms with van der Waals surface area (Å²) in [5.41, 5.74) is 5.43. The van der Waals surface area contributed by atoms with Crippen molar-refractivity contribution in [2.24, 2.45) is 4.99 Å². The lowest BCUT2D eigenvalue weighted by molar-refractivity contribution is 0.0492. The van der Waals surface area contributed by atoms with Crippen molar-refractivity contribution in [2.45, 2.75) is 85.5 Å². The van der Waals surface area contributed by atoms with Crippen LogP contribution in [0.25, 0.3) is 11.1 Å². The van der Waals surface area contributed by atoms with Crippen LogP contribution in [0.2, 0.25) is 0 Å². The van der Waals surface area contributed by atoms with E-state index in [1.807, 2.05) is 24.3 Å². The lowest BCUT2D eigenvalue weighted by Crippen LogP contribution is -2.44. The first-order valence-electron chi connectivity index (χ1n) is 11.9. The number of hydrogen-bond acceptors (Lipinski definition) is 5. The van der Waals surface area contributed by atoms with E-state index < -0.39 is 23.4 Å². The van der Waals surface area contributed by atoms with Crippen LogP contribution < -0.4 is 10.8 Å². The Bertz CT molecular complexity index is 1070. The molecule has 8 heteroatoms. The molecule has 0 aromatic heterocycles. The zero-order valence-electron chi connectivity index (χ0n) is 22.8. The Morgan fingerprint density at radius 2 is 1.42 bits per heavy atom. The number of nitrogens with one attached hydrogen (secondary N) is 2. The van der Waals surface area contributed by atoms with Gasteiger partial charge in [-0.1, -0.05) is 63.2 Å². The number of hydrogen-bond donors (Lipinski definition) is 2. The number of amides is 2. The predicted octanol–water partition coefficient (Wildman–Crippen LogP) is 6.49. The Balaban J connectivity index is 2.09. The Hall–Kier alpha value is -3.39. The van der Waals surface area contributed by atoms with Crippen molar-refractivity contribution in [3.63, 3.8) is 0 Å². The predicted molar refractivity (Wildman–Crippen MR) is 142 cm³/mol. The molecule has 0 saturated carbocycles. The van der Waals surface area contributed by atoms with E-state index in [1.165, 1.54) is 5.56 Å². The number of ether oxygens (including phenoxy) is 2. The summed E-state index contributed by atoms with van der Waals surface area (Å²) in [6.45, 7) is 17.0. The summed E-state index contributed by atoms with van der Waals surface area (Å²) in [4.78, 5) is 33.7. The lowest BCUT2D eigenvalue weighted by Gasteiger charge is -2.21. The first-order valence-corrected chi connectivity index (χ1v) is 11.9. The molecule has 0 radical (unpaired) electrons. The molecule has 36 heavy (non-hydrogen) atoms. The van der Waals surface area contributed by atoms with Gasteiger partial charge in [0.2, 0.25) is 5.96 Å². The highest BCUT2D eigenvalue weighted by Gasteiger charge is 2.20. The van der Waals surface area contributed by atoms with E-state index >= 15 is 0 Å². The zero-order valence-corrected chi connectivity index (χ0v) is 22.8. The molecule has 8 nitrogen and oxygen atoms in total. The summed E-state index contributed by atoms with van der Waals surface area (Å²) >= 11 is 0. The van der Waals surface area contributed by atoms with Gasteiger partial charge in [-0.3, -0.25) is 10.2 Å². The van der Waals surface area contributed by atoms with E-state index in [1.54, 1.807) is 41.5 Å². The maximum atomic E-state index is 12.2. The Morgan fingerprint density at radius 3 is 1.97 bits per heavy atom.